The van der Waals surface area contributed by atoms with Gasteiger partial charge in [0, 0.05) is 48.3 Å². The van der Waals surface area contributed by atoms with Crippen molar-refractivity contribution in [2.45, 2.75) is 31.0 Å². The Hall–Kier alpha value is -3.65. The fourth-order valence-electron chi connectivity index (χ4n) is 5.84. The number of ether oxygens (including phenoxy) is 1. The first-order chi connectivity index (χ1) is 18.6. The van der Waals surface area contributed by atoms with Crippen LogP contribution in [0.25, 0.3) is 21.7 Å². The van der Waals surface area contributed by atoms with Gasteiger partial charge in [-0.1, -0.05) is 48.6 Å². The summed E-state index contributed by atoms with van der Waals surface area (Å²) in [5.41, 5.74) is 2.37. The van der Waals surface area contributed by atoms with E-state index in [4.69, 9.17) is 4.74 Å². The Morgan fingerprint density at radius 1 is 0.974 bits per heavy atom. The lowest BCUT2D eigenvalue weighted by molar-refractivity contribution is 0.0409. The van der Waals surface area contributed by atoms with Crippen molar-refractivity contribution in [1.82, 2.24) is 9.88 Å². The summed E-state index contributed by atoms with van der Waals surface area (Å²) < 4.78 is 6.02. The number of aromatic nitrogens is 1. The van der Waals surface area contributed by atoms with Gasteiger partial charge in [0.15, 0.2) is 0 Å². The summed E-state index contributed by atoms with van der Waals surface area (Å²) in [6.45, 7) is 1.96. The number of hydrogen-bond donors (Lipinski definition) is 3. The molecule has 2 bridgehead atoms. The molecule has 0 amide bonds. The number of piperazine rings is 1. The van der Waals surface area contributed by atoms with Crippen LogP contribution >= 0.6 is 0 Å². The zero-order valence-electron chi connectivity index (χ0n) is 21.3. The van der Waals surface area contributed by atoms with E-state index in [1.807, 2.05) is 18.2 Å². The van der Waals surface area contributed by atoms with Gasteiger partial charge in [-0.3, -0.25) is 9.69 Å². The fourth-order valence-corrected chi connectivity index (χ4v) is 5.84. The van der Waals surface area contributed by atoms with Gasteiger partial charge >= 0.3 is 0 Å². The Labute approximate surface area is 221 Å². The van der Waals surface area contributed by atoms with Crippen molar-refractivity contribution in [3.05, 3.63) is 84.6 Å². The Bertz CT molecular complexity index is 1480. The van der Waals surface area contributed by atoms with Gasteiger partial charge in [-0.2, -0.15) is 0 Å². The molecule has 3 N–H and O–H groups in total. The van der Waals surface area contributed by atoms with Gasteiger partial charge in [0.05, 0.1) is 5.69 Å². The molecule has 3 aromatic carbocycles. The van der Waals surface area contributed by atoms with Gasteiger partial charge in [-0.15, -0.1) is 0 Å². The number of Topliss-reactive ketones (excluding diaryl/α,β-unsaturated/α-hetero) is 1. The highest BCUT2D eigenvalue weighted by Gasteiger charge is 2.35. The zero-order valence-corrected chi connectivity index (χ0v) is 21.3. The van der Waals surface area contributed by atoms with Crippen LogP contribution in [0.4, 0.5) is 5.69 Å². The standard InChI is InChI=1S/C31H33N3O4/c35-19-30(37)29-15-27-28(32-29)10-5-11-31(27)38-20-26(36)18-33-16-25-9-4-3-8-24(33)17-34(25)23-13-12-21-6-1-2-7-22(21)14-23/h1-7,10-15,24-26,32,35-36H,8-9,16-20H2/b4-3-/t24-,25-,26-/m0/s1. The van der Waals surface area contributed by atoms with E-state index in [1.165, 1.54) is 16.5 Å². The van der Waals surface area contributed by atoms with Gasteiger partial charge in [0.1, 0.15) is 25.1 Å². The average Bonchev–Trinajstić information content (AvgIpc) is 3.37. The molecule has 0 radical (unpaired) electrons. The van der Waals surface area contributed by atoms with Crippen LogP contribution in [0.1, 0.15) is 23.3 Å². The van der Waals surface area contributed by atoms with Crippen LogP contribution in [0.3, 0.4) is 0 Å². The summed E-state index contributed by atoms with van der Waals surface area (Å²) in [4.78, 5) is 19.9. The van der Waals surface area contributed by atoms with E-state index in [0.717, 1.165) is 36.8 Å². The van der Waals surface area contributed by atoms with Crippen LogP contribution in [-0.2, 0) is 0 Å². The molecule has 196 valence electrons. The SMILES string of the molecule is O=C(CO)c1cc2c(OC[C@@H](O)CN3C[C@@H]4C/C=C\C[C@H]3CN4c3ccc4ccccc4c3)cccc2[nH]1. The molecule has 1 aromatic heterocycles. The van der Waals surface area contributed by atoms with Crippen molar-refractivity contribution in [2.24, 2.45) is 0 Å². The molecule has 7 rings (SSSR count). The summed E-state index contributed by atoms with van der Waals surface area (Å²) >= 11 is 0. The molecule has 4 aromatic rings. The topological polar surface area (TPSA) is 89.0 Å². The second-order valence-electron chi connectivity index (χ2n) is 10.3. The van der Waals surface area contributed by atoms with Crippen LogP contribution in [0, 0.1) is 0 Å². The molecule has 1 fully saturated rings. The Balaban J connectivity index is 1.13. The van der Waals surface area contributed by atoms with Crippen molar-refractivity contribution in [3.63, 3.8) is 0 Å². The number of nitrogens with one attached hydrogen (secondary N) is 1. The second-order valence-corrected chi connectivity index (χ2v) is 10.3. The molecule has 1 saturated heterocycles. The molecule has 0 aliphatic carbocycles. The highest BCUT2D eigenvalue weighted by Crippen LogP contribution is 2.31. The summed E-state index contributed by atoms with van der Waals surface area (Å²) in [5, 5.41) is 23.4. The number of carbonyl (C=O) groups excluding carboxylic acids is 1. The minimum absolute atomic E-state index is 0.158. The Morgan fingerprint density at radius 3 is 2.63 bits per heavy atom. The van der Waals surface area contributed by atoms with Crippen LogP contribution in [0.5, 0.6) is 5.75 Å². The number of ketones is 1. The average molecular weight is 512 g/mol. The number of anilines is 1. The van der Waals surface area contributed by atoms with Crippen LogP contribution < -0.4 is 9.64 Å². The molecule has 3 aliphatic rings. The maximum absolute atomic E-state index is 11.9. The van der Waals surface area contributed by atoms with Crippen molar-refractivity contribution in [3.8, 4) is 5.75 Å². The number of rotatable bonds is 8. The van der Waals surface area contributed by atoms with Crippen LogP contribution in [0.15, 0.2) is 78.9 Å². The van der Waals surface area contributed by atoms with E-state index in [9.17, 15) is 15.0 Å². The van der Waals surface area contributed by atoms with Gasteiger partial charge in [-0.05, 0) is 53.9 Å². The number of H-pyrrole nitrogens is 1. The maximum atomic E-state index is 11.9. The van der Waals surface area contributed by atoms with E-state index in [1.54, 1.807) is 6.07 Å². The van der Waals surface area contributed by atoms with Gasteiger partial charge < -0.3 is 24.8 Å². The number of hydrogen-bond acceptors (Lipinski definition) is 6. The first-order valence-corrected chi connectivity index (χ1v) is 13.3. The lowest BCUT2D eigenvalue weighted by atomic mass is 9.96. The molecule has 4 heterocycles. The molecule has 7 nitrogen and oxygen atoms in total. The first-order valence-electron chi connectivity index (χ1n) is 13.3. The summed E-state index contributed by atoms with van der Waals surface area (Å²) in [6, 6.07) is 23.1. The number of aromatic amines is 1. The molecule has 7 heteroatoms. The zero-order chi connectivity index (χ0) is 26.1. The molecule has 3 aliphatic heterocycles. The fraction of sp³-hybridized carbons (Fsp3) is 0.323. The Morgan fingerprint density at radius 2 is 1.79 bits per heavy atom. The number of nitrogens with zero attached hydrogens (tertiary/aromatic N) is 2. The summed E-state index contributed by atoms with van der Waals surface area (Å²) in [7, 11) is 0. The highest BCUT2D eigenvalue weighted by atomic mass is 16.5. The van der Waals surface area contributed by atoms with Crippen molar-refractivity contribution in [2.75, 3.05) is 37.7 Å². The monoisotopic (exact) mass is 511 g/mol. The quantitative estimate of drug-likeness (QED) is 0.243. The van der Waals surface area contributed by atoms with Crippen LogP contribution in [0.2, 0.25) is 0 Å². The molecular formula is C31H33N3O4. The number of aliphatic hydroxyl groups excluding tert-OH is 2. The van der Waals surface area contributed by atoms with Gasteiger partial charge in [0.2, 0.25) is 5.78 Å². The molecular weight excluding hydrogens is 478 g/mol. The third-order valence-electron chi connectivity index (χ3n) is 7.80. The number of fused-ring (bicyclic) bond motifs is 6. The lowest BCUT2D eigenvalue weighted by Gasteiger charge is -2.48. The highest BCUT2D eigenvalue weighted by molar-refractivity contribution is 6.01. The van der Waals surface area contributed by atoms with Gasteiger partial charge in [-0.25, -0.2) is 0 Å². The Kier molecular flexibility index (Phi) is 6.89. The number of benzene rings is 3. The van der Waals surface area contributed by atoms with Crippen LogP contribution in [-0.4, -0.2) is 76.9 Å². The van der Waals surface area contributed by atoms with E-state index in [0.29, 0.717) is 30.1 Å². The second kappa shape index (κ2) is 10.6. The minimum Gasteiger partial charge on any atom is -0.490 e. The number of carbonyl (C=O) groups is 1. The molecule has 3 atom stereocenters. The third kappa shape index (κ3) is 4.92. The van der Waals surface area contributed by atoms with Crippen molar-refractivity contribution in [1.29, 1.82) is 0 Å². The molecule has 0 saturated carbocycles. The lowest BCUT2D eigenvalue weighted by Crippen LogP contribution is -2.60. The smallest absolute Gasteiger partial charge is 0.204 e. The summed E-state index contributed by atoms with van der Waals surface area (Å²) in [6.07, 6.45) is 5.86. The van der Waals surface area contributed by atoms with E-state index in [2.05, 4.69) is 69.4 Å². The maximum Gasteiger partial charge on any atom is 0.204 e. The minimum atomic E-state index is -0.651. The molecule has 0 spiro atoms. The van der Waals surface area contributed by atoms with E-state index >= 15 is 0 Å². The predicted molar refractivity (Wildman–Crippen MR) is 150 cm³/mol. The van der Waals surface area contributed by atoms with Crippen molar-refractivity contribution < 1.29 is 19.7 Å². The van der Waals surface area contributed by atoms with Crippen molar-refractivity contribution >= 4 is 33.1 Å². The van der Waals surface area contributed by atoms with E-state index in [-0.39, 0.29) is 12.4 Å². The molecule has 38 heavy (non-hydrogen) atoms. The van der Waals surface area contributed by atoms with Gasteiger partial charge in [0.25, 0.3) is 0 Å². The first kappa shape index (κ1) is 24.7. The largest absolute Gasteiger partial charge is 0.490 e. The number of aliphatic hydroxyl groups is 2. The third-order valence-corrected chi connectivity index (χ3v) is 7.80. The summed E-state index contributed by atoms with van der Waals surface area (Å²) in [5.74, 6) is 0.237. The normalized spacial score (nSPS) is 21.4. The van der Waals surface area contributed by atoms with E-state index < -0.39 is 12.7 Å². The predicted octanol–water partition coefficient (Wildman–Crippen LogP) is 4.15. The molecule has 0 unspecified atom stereocenters.